The number of thiophene rings is 1. The van der Waals surface area contributed by atoms with Crippen molar-refractivity contribution in [2.45, 2.75) is 57.5 Å². The van der Waals surface area contributed by atoms with E-state index in [0.717, 1.165) is 46.1 Å². The summed E-state index contributed by atoms with van der Waals surface area (Å²) in [5.41, 5.74) is 2.29. The molecule has 1 aliphatic carbocycles. The fourth-order valence-electron chi connectivity index (χ4n) is 3.65. The highest BCUT2D eigenvalue weighted by Crippen LogP contribution is 2.34. The number of aromatic nitrogens is 2. The zero-order valence-electron chi connectivity index (χ0n) is 16.0. The Labute approximate surface area is 168 Å². The first-order valence-electron chi connectivity index (χ1n) is 9.90. The molecule has 0 saturated carbocycles. The molecule has 1 aliphatic rings. The van der Waals surface area contributed by atoms with Gasteiger partial charge in [-0.15, -0.1) is 11.3 Å². The number of para-hydroxylation sites is 1. The van der Waals surface area contributed by atoms with Gasteiger partial charge in [0, 0.05) is 10.6 Å². The molecule has 0 fully saturated rings. The molecular weight excluding hydrogens is 372 g/mol. The van der Waals surface area contributed by atoms with Crippen molar-refractivity contribution >= 4 is 33.3 Å². The van der Waals surface area contributed by atoms with E-state index in [-0.39, 0.29) is 5.56 Å². The Hall–Kier alpha value is -1.59. The third kappa shape index (κ3) is 3.85. The molecule has 0 N–H and O–H groups in total. The Kier molecular flexibility index (Phi) is 5.69. The molecule has 3 aromatic rings. The van der Waals surface area contributed by atoms with Crippen LogP contribution in [0.1, 0.15) is 50.0 Å². The molecule has 2 aromatic heterocycles. The van der Waals surface area contributed by atoms with Crippen LogP contribution in [-0.2, 0) is 12.8 Å². The van der Waals surface area contributed by atoms with Gasteiger partial charge in [0.05, 0.1) is 11.1 Å². The van der Waals surface area contributed by atoms with Crippen LogP contribution in [0.4, 0.5) is 0 Å². The lowest BCUT2D eigenvalue weighted by molar-refractivity contribution is 0.631. The summed E-state index contributed by atoms with van der Waals surface area (Å²) in [6.45, 7) is 4.47. The quantitative estimate of drug-likeness (QED) is 0.307. The molecule has 4 rings (SSSR count). The number of rotatable bonds is 5. The van der Waals surface area contributed by atoms with Crippen molar-refractivity contribution in [2.24, 2.45) is 5.92 Å². The minimum atomic E-state index is 0.109. The molecule has 0 spiro atoms. The molecule has 3 nitrogen and oxygen atoms in total. The van der Waals surface area contributed by atoms with Crippen LogP contribution in [-0.4, -0.2) is 15.3 Å². The molecule has 27 heavy (non-hydrogen) atoms. The zero-order chi connectivity index (χ0) is 18.8. The van der Waals surface area contributed by atoms with E-state index in [2.05, 4.69) is 13.8 Å². The number of aryl methyl sites for hydroxylation is 2. The Morgan fingerprint density at radius 3 is 2.70 bits per heavy atom. The zero-order valence-corrected chi connectivity index (χ0v) is 17.7. The van der Waals surface area contributed by atoms with E-state index in [0.29, 0.717) is 5.92 Å². The van der Waals surface area contributed by atoms with Crippen molar-refractivity contribution in [1.29, 1.82) is 0 Å². The molecule has 0 bridgehead atoms. The summed E-state index contributed by atoms with van der Waals surface area (Å²) >= 11 is 3.46. The lowest BCUT2D eigenvalue weighted by atomic mass is 10.1. The maximum atomic E-state index is 13.6. The number of hydrogen-bond donors (Lipinski definition) is 0. The normalized spacial score (nSPS) is 14.5. The van der Waals surface area contributed by atoms with Crippen molar-refractivity contribution in [3.8, 4) is 5.69 Å². The van der Waals surface area contributed by atoms with Crippen LogP contribution in [0.25, 0.3) is 15.9 Å². The van der Waals surface area contributed by atoms with Crippen LogP contribution < -0.4 is 5.56 Å². The van der Waals surface area contributed by atoms with Crippen LogP contribution in [0.2, 0.25) is 0 Å². The van der Waals surface area contributed by atoms with E-state index >= 15 is 0 Å². The van der Waals surface area contributed by atoms with Crippen molar-refractivity contribution in [2.75, 3.05) is 5.75 Å². The standard InChI is InChI=1S/C22H26N2OS2/c1-15(2)13-14-26-22-23-20-19(17-11-7-4-8-12-18(17)27-20)21(25)24(22)16-9-5-3-6-10-16/h3,5-6,9-10,15H,4,7-8,11-14H2,1-2H3. The van der Waals surface area contributed by atoms with Crippen LogP contribution in [0, 0.1) is 5.92 Å². The van der Waals surface area contributed by atoms with E-state index in [1.807, 2.05) is 34.9 Å². The van der Waals surface area contributed by atoms with E-state index < -0.39 is 0 Å². The van der Waals surface area contributed by atoms with Gasteiger partial charge in [-0.3, -0.25) is 9.36 Å². The molecule has 0 unspecified atom stereocenters. The third-order valence-corrected chi connectivity index (χ3v) is 7.31. The second-order valence-corrected chi connectivity index (χ2v) is 9.79. The molecule has 0 radical (unpaired) electrons. The number of nitrogens with zero attached hydrogens (tertiary/aromatic N) is 2. The van der Waals surface area contributed by atoms with Gasteiger partial charge in [-0.1, -0.05) is 50.2 Å². The average Bonchev–Trinajstić information content (AvgIpc) is 2.84. The van der Waals surface area contributed by atoms with Gasteiger partial charge in [0.1, 0.15) is 4.83 Å². The number of benzene rings is 1. The Morgan fingerprint density at radius 2 is 1.93 bits per heavy atom. The number of hydrogen-bond acceptors (Lipinski definition) is 4. The predicted molar refractivity (Wildman–Crippen MR) is 117 cm³/mol. The topological polar surface area (TPSA) is 34.9 Å². The van der Waals surface area contributed by atoms with Gasteiger partial charge in [-0.05, 0) is 55.7 Å². The fraction of sp³-hybridized carbons (Fsp3) is 0.455. The molecule has 142 valence electrons. The molecule has 0 saturated heterocycles. The summed E-state index contributed by atoms with van der Waals surface area (Å²) in [5.74, 6) is 1.63. The first-order valence-corrected chi connectivity index (χ1v) is 11.7. The lowest BCUT2D eigenvalue weighted by Crippen LogP contribution is -2.22. The third-order valence-electron chi connectivity index (χ3n) is 5.15. The Balaban J connectivity index is 1.88. The van der Waals surface area contributed by atoms with Crippen molar-refractivity contribution in [1.82, 2.24) is 9.55 Å². The van der Waals surface area contributed by atoms with Gasteiger partial charge >= 0.3 is 0 Å². The maximum absolute atomic E-state index is 13.6. The first kappa shape index (κ1) is 18.8. The Morgan fingerprint density at radius 1 is 1.15 bits per heavy atom. The molecule has 0 aliphatic heterocycles. The highest BCUT2D eigenvalue weighted by Gasteiger charge is 2.22. The van der Waals surface area contributed by atoms with Gasteiger partial charge in [0.25, 0.3) is 5.56 Å². The summed E-state index contributed by atoms with van der Waals surface area (Å²) in [7, 11) is 0. The molecule has 0 atom stereocenters. The van der Waals surface area contributed by atoms with Crippen LogP contribution >= 0.6 is 23.1 Å². The van der Waals surface area contributed by atoms with Gasteiger partial charge in [0.2, 0.25) is 0 Å². The van der Waals surface area contributed by atoms with Crippen molar-refractivity contribution in [3.05, 3.63) is 51.1 Å². The second kappa shape index (κ2) is 8.19. The molecule has 1 aromatic carbocycles. The van der Waals surface area contributed by atoms with E-state index in [1.165, 1.54) is 29.7 Å². The Bertz CT molecular complexity index is 989. The molecule has 2 heterocycles. The fourth-order valence-corrected chi connectivity index (χ4v) is 6.21. The van der Waals surface area contributed by atoms with Gasteiger partial charge in [0.15, 0.2) is 5.16 Å². The number of thioether (sulfide) groups is 1. The second-order valence-electron chi connectivity index (χ2n) is 7.65. The van der Waals surface area contributed by atoms with Crippen LogP contribution in [0.5, 0.6) is 0 Å². The SMILES string of the molecule is CC(C)CCSc1nc2sc3c(c2c(=O)n1-c1ccccc1)CCCCC3. The molecular formula is C22H26N2OS2. The smallest absolute Gasteiger partial charge is 0.267 e. The summed E-state index contributed by atoms with van der Waals surface area (Å²) < 4.78 is 1.84. The average molecular weight is 399 g/mol. The molecule has 0 amide bonds. The van der Waals surface area contributed by atoms with E-state index in [9.17, 15) is 4.79 Å². The van der Waals surface area contributed by atoms with Gasteiger partial charge in [-0.25, -0.2) is 4.98 Å². The van der Waals surface area contributed by atoms with Crippen LogP contribution in [0.15, 0.2) is 40.3 Å². The highest BCUT2D eigenvalue weighted by molar-refractivity contribution is 7.99. The van der Waals surface area contributed by atoms with Gasteiger partial charge < -0.3 is 0 Å². The van der Waals surface area contributed by atoms with Gasteiger partial charge in [-0.2, -0.15) is 0 Å². The predicted octanol–water partition coefficient (Wildman–Crippen LogP) is 5.85. The summed E-state index contributed by atoms with van der Waals surface area (Å²) in [6, 6.07) is 9.98. The van der Waals surface area contributed by atoms with Crippen molar-refractivity contribution < 1.29 is 0 Å². The summed E-state index contributed by atoms with van der Waals surface area (Å²) in [4.78, 5) is 20.9. The molecule has 5 heteroatoms. The lowest BCUT2D eigenvalue weighted by Gasteiger charge is -2.13. The maximum Gasteiger partial charge on any atom is 0.267 e. The van der Waals surface area contributed by atoms with Crippen LogP contribution in [0.3, 0.4) is 0 Å². The number of fused-ring (bicyclic) bond motifs is 3. The minimum Gasteiger partial charge on any atom is -0.268 e. The van der Waals surface area contributed by atoms with Crippen molar-refractivity contribution in [3.63, 3.8) is 0 Å². The largest absolute Gasteiger partial charge is 0.268 e. The summed E-state index contributed by atoms with van der Waals surface area (Å²) in [5, 5.41) is 1.70. The minimum absolute atomic E-state index is 0.109. The first-order chi connectivity index (χ1) is 13.1. The monoisotopic (exact) mass is 398 g/mol. The summed E-state index contributed by atoms with van der Waals surface area (Å²) in [6.07, 6.45) is 6.88. The highest BCUT2D eigenvalue weighted by atomic mass is 32.2. The van der Waals surface area contributed by atoms with E-state index in [1.54, 1.807) is 23.1 Å². The van der Waals surface area contributed by atoms with E-state index in [4.69, 9.17) is 4.98 Å².